The average Bonchev–Trinajstić information content (AvgIpc) is 2.75. The van der Waals surface area contributed by atoms with E-state index in [0.717, 1.165) is 24.3 Å². The monoisotopic (exact) mass is 404 g/mol. The Kier molecular flexibility index (Phi) is 7.46. The lowest BCUT2D eigenvalue weighted by Crippen LogP contribution is -2.17. The first kappa shape index (κ1) is 21.4. The summed E-state index contributed by atoms with van der Waals surface area (Å²) in [5, 5.41) is 2.95. The van der Waals surface area contributed by atoms with Crippen molar-refractivity contribution in [3.63, 3.8) is 0 Å². The predicted octanol–water partition coefficient (Wildman–Crippen LogP) is 4.52. The van der Waals surface area contributed by atoms with E-state index in [1.54, 1.807) is 14.2 Å². The first-order valence-electron chi connectivity index (χ1n) is 9.89. The Labute approximate surface area is 178 Å². The van der Waals surface area contributed by atoms with Crippen LogP contribution in [0.5, 0.6) is 11.5 Å². The van der Waals surface area contributed by atoms with Gasteiger partial charge >= 0.3 is 0 Å². The first-order valence-corrected chi connectivity index (χ1v) is 9.89. The van der Waals surface area contributed by atoms with E-state index in [-0.39, 0.29) is 12.3 Å². The van der Waals surface area contributed by atoms with Gasteiger partial charge in [-0.1, -0.05) is 48.5 Å². The third-order valence-electron chi connectivity index (χ3n) is 4.80. The van der Waals surface area contributed by atoms with Gasteiger partial charge in [0.2, 0.25) is 5.91 Å². The lowest BCUT2D eigenvalue weighted by molar-refractivity contribution is -0.115. The Morgan fingerprint density at radius 2 is 1.40 bits per heavy atom. The molecule has 0 aromatic heterocycles. The molecule has 1 N–H and O–H groups in total. The van der Waals surface area contributed by atoms with Crippen molar-refractivity contribution in [1.82, 2.24) is 4.90 Å². The Balaban J connectivity index is 1.53. The van der Waals surface area contributed by atoms with Crippen LogP contribution in [0.25, 0.3) is 0 Å². The van der Waals surface area contributed by atoms with E-state index in [0.29, 0.717) is 11.5 Å². The molecule has 0 saturated heterocycles. The molecule has 3 aromatic rings. The van der Waals surface area contributed by atoms with Crippen LogP contribution in [-0.4, -0.2) is 32.1 Å². The maximum atomic E-state index is 12.4. The smallest absolute Gasteiger partial charge is 0.228 e. The van der Waals surface area contributed by atoms with E-state index in [9.17, 15) is 4.79 Å². The topological polar surface area (TPSA) is 50.8 Å². The molecule has 0 radical (unpaired) electrons. The number of benzene rings is 3. The van der Waals surface area contributed by atoms with Crippen molar-refractivity contribution in [3.8, 4) is 11.5 Å². The summed E-state index contributed by atoms with van der Waals surface area (Å²) in [6, 6.07) is 23.9. The number of amides is 1. The zero-order chi connectivity index (χ0) is 21.3. The van der Waals surface area contributed by atoms with Gasteiger partial charge < -0.3 is 14.8 Å². The molecule has 0 aliphatic heterocycles. The predicted molar refractivity (Wildman–Crippen MR) is 120 cm³/mol. The van der Waals surface area contributed by atoms with E-state index in [2.05, 4.69) is 41.5 Å². The van der Waals surface area contributed by atoms with E-state index in [1.807, 2.05) is 48.5 Å². The molecule has 0 aliphatic carbocycles. The van der Waals surface area contributed by atoms with Gasteiger partial charge in [-0.2, -0.15) is 0 Å². The fraction of sp³-hybridized carbons (Fsp3) is 0.240. The van der Waals surface area contributed by atoms with Crippen LogP contribution in [0.15, 0.2) is 72.8 Å². The van der Waals surface area contributed by atoms with Crippen molar-refractivity contribution >= 4 is 11.6 Å². The Morgan fingerprint density at radius 3 is 2.03 bits per heavy atom. The first-order chi connectivity index (χ1) is 14.6. The highest BCUT2D eigenvalue weighted by Crippen LogP contribution is 2.27. The standard InChI is InChI=1S/C25H28N2O3/c1-27(17-19-7-5-4-6-8-19)18-20-9-12-22(13-10-20)26-25(28)16-21-11-14-23(29-2)24(15-21)30-3/h4-15H,16-18H2,1-3H3,(H,26,28). The van der Waals surface area contributed by atoms with Crippen LogP contribution in [0, 0.1) is 0 Å². The summed E-state index contributed by atoms with van der Waals surface area (Å²) in [6.07, 6.45) is 0.266. The third-order valence-corrected chi connectivity index (χ3v) is 4.80. The van der Waals surface area contributed by atoms with Crippen molar-refractivity contribution in [2.45, 2.75) is 19.5 Å². The number of carbonyl (C=O) groups is 1. The maximum absolute atomic E-state index is 12.4. The number of nitrogens with zero attached hydrogens (tertiary/aromatic N) is 1. The minimum absolute atomic E-state index is 0.0730. The van der Waals surface area contributed by atoms with Crippen molar-refractivity contribution in [1.29, 1.82) is 0 Å². The van der Waals surface area contributed by atoms with Crippen molar-refractivity contribution < 1.29 is 14.3 Å². The molecule has 0 atom stereocenters. The fourth-order valence-corrected chi connectivity index (χ4v) is 3.34. The molecule has 30 heavy (non-hydrogen) atoms. The molecule has 156 valence electrons. The minimum Gasteiger partial charge on any atom is -0.493 e. The molecule has 0 bridgehead atoms. The van der Waals surface area contributed by atoms with Gasteiger partial charge in [-0.25, -0.2) is 0 Å². The number of carbonyl (C=O) groups excluding carboxylic acids is 1. The lowest BCUT2D eigenvalue weighted by atomic mass is 10.1. The number of ether oxygens (including phenoxy) is 2. The summed E-state index contributed by atoms with van der Waals surface area (Å²) in [5.41, 5.74) is 4.14. The summed E-state index contributed by atoms with van der Waals surface area (Å²) in [4.78, 5) is 14.7. The van der Waals surface area contributed by atoms with Crippen LogP contribution in [0.4, 0.5) is 5.69 Å². The van der Waals surface area contributed by atoms with Gasteiger partial charge in [0, 0.05) is 18.8 Å². The number of methoxy groups -OCH3 is 2. The summed E-state index contributed by atoms with van der Waals surface area (Å²) in [5.74, 6) is 1.19. The van der Waals surface area contributed by atoms with Gasteiger partial charge in [0.1, 0.15) is 0 Å². The molecule has 5 nitrogen and oxygen atoms in total. The van der Waals surface area contributed by atoms with Crippen molar-refractivity contribution in [3.05, 3.63) is 89.5 Å². The van der Waals surface area contributed by atoms with Gasteiger partial charge in [-0.05, 0) is 48.0 Å². The van der Waals surface area contributed by atoms with E-state index in [1.165, 1.54) is 11.1 Å². The van der Waals surface area contributed by atoms with Crippen LogP contribution in [0.3, 0.4) is 0 Å². The fourth-order valence-electron chi connectivity index (χ4n) is 3.34. The van der Waals surface area contributed by atoms with Gasteiger partial charge in [0.05, 0.1) is 20.6 Å². The Morgan fingerprint density at radius 1 is 0.800 bits per heavy atom. The van der Waals surface area contributed by atoms with Gasteiger partial charge in [0.25, 0.3) is 0 Å². The third kappa shape index (κ3) is 6.09. The summed E-state index contributed by atoms with van der Waals surface area (Å²) in [7, 11) is 5.28. The molecule has 3 rings (SSSR count). The maximum Gasteiger partial charge on any atom is 0.228 e. The highest BCUT2D eigenvalue weighted by Gasteiger charge is 2.09. The molecule has 0 saturated carbocycles. The van der Waals surface area contributed by atoms with Gasteiger partial charge in [0.15, 0.2) is 11.5 Å². The number of rotatable bonds is 9. The molecule has 1 amide bonds. The SMILES string of the molecule is COc1ccc(CC(=O)Nc2ccc(CN(C)Cc3ccccc3)cc2)cc1OC. The van der Waals surface area contributed by atoms with Crippen molar-refractivity contribution in [2.75, 3.05) is 26.6 Å². The zero-order valence-corrected chi connectivity index (χ0v) is 17.7. The highest BCUT2D eigenvalue weighted by atomic mass is 16.5. The number of anilines is 1. The Bertz CT molecular complexity index is 956. The van der Waals surface area contributed by atoms with Crippen LogP contribution < -0.4 is 14.8 Å². The summed E-state index contributed by atoms with van der Waals surface area (Å²) >= 11 is 0. The second kappa shape index (κ2) is 10.5. The average molecular weight is 405 g/mol. The van der Waals surface area contributed by atoms with E-state index >= 15 is 0 Å². The zero-order valence-electron chi connectivity index (χ0n) is 17.7. The number of nitrogens with one attached hydrogen (secondary N) is 1. The van der Waals surface area contributed by atoms with Crippen LogP contribution in [-0.2, 0) is 24.3 Å². The normalized spacial score (nSPS) is 10.7. The van der Waals surface area contributed by atoms with Gasteiger partial charge in [-0.15, -0.1) is 0 Å². The molecule has 0 fully saturated rings. The molecule has 0 spiro atoms. The molecule has 0 unspecified atom stereocenters. The number of hydrogen-bond donors (Lipinski definition) is 1. The quantitative estimate of drug-likeness (QED) is 0.570. The minimum atomic E-state index is -0.0730. The van der Waals surface area contributed by atoms with Crippen LogP contribution in [0.1, 0.15) is 16.7 Å². The van der Waals surface area contributed by atoms with E-state index in [4.69, 9.17) is 9.47 Å². The molecule has 0 aliphatic rings. The highest BCUT2D eigenvalue weighted by molar-refractivity contribution is 5.92. The van der Waals surface area contributed by atoms with Crippen molar-refractivity contribution in [2.24, 2.45) is 0 Å². The molecular formula is C25H28N2O3. The molecular weight excluding hydrogens is 376 g/mol. The number of hydrogen-bond acceptors (Lipinski definition) is 4. The van der Waals surface area contributed by atoms with Gasteiger partial charge in [-0.3, -0.25) is 9.69 Å². The molecule has 5 heteroatoms. The second-order valence-corrected chi connectivity index (χ2v) is 7.27. The van der Waals surface area contributed by atoms with E-state index < -0.39 is 0 Å². The molecule has 0 heterocycles. The lowest BCUT2D eigenvalue weighted by Gasteiger charge is -2.17. The second-order valence-electron chi connectivity index (χ2n) is 7.27. The Hall–Kier alpha value is -3.31. The van der Waals surface area contributed by atoms with Crippen LogP contribution in [0.2, 0.25) is 0 Å². The summed E-state index contributed by atoms with van der Waals surface area (Å²) < 4.78 is 10.5. The summed E-state index contributed by atoms with van der Waals surface area (Å²) in [6.45, 7) is 1.74. The van der Waals surface area contributed by atoms with Crippen LogP contribution >= 0.6 is 0 Å². The largest absolute Gasteiger partial charge is 0.493 e. The molecule has 3 aromatic carbocycles.